The number of imide groups is 1. The van der Waals surface area contributed by atoms with Gasteiger partial charge in [-0.1, -0.05) is 0 Å². The first-order valence-electron chi connectivity index (χ1n) is 9.06. The van der Waals surface area contributed by atoms with Crippen molar-refractivity contribution in [1.82, 2.24) is 10.3 Å². The van der Waals surface area contributed by atoms with Gasteiger partial charge in [-0.2, -0.15) is 0 Å². The molecule has 7 heteroatoms. The fourth-order valence-corrected chi connectivity index (χ4v) is 3.53. The summed E-state index contributed by atoms with van der Waals surface area (Å²) >= 11 is 0. The first-order chi connectivity index (χ1) is 13.6. The molecule has 144 valence electrons. The first-order valence-corrected chi connectivity index (χ1v) is 9.06. The molecule has 1 aromatic heterocycles. The molecule has 0 aliphatic carbocycles. The molecular weight excluding hydrogens is 361 g/mol. The lowest BCUT2D eigenvalue weighted by Crippen LogP contribution is -2.39. The summed E-state index contributed by atoms with van der Waals surface area (Å²) < 4.78 is 18.4. The number of halogens is 1. The van der Waals surface area contributed by atoms with E-state index in [0.29, 0.717) is 18.7 Å². The number of amides is 2. The number of nitrogens with one attached hydrogen (secondary N) is 2. The van der Waals surface area contributed by atoms with Crippen molar-refractivity contribution < 1.29 is 18.7 Å². The Morgan fingerprint density at radius 2 is 2.00 bits per heavy atom. The Labute approximate surface area is 161 Å². The fraction of sp³-hybridized carbons (Fsp3) is 0.238. The molecule has 4 rings (SSSR count). The maximum absolute atomic E-state index is 13.1. The molecule has 0 radical (unpaired) electrons. The number of benzene rings is 2. The van der Waals surface area contributed by atoms with Crippen molar-refractivity contribution in [2.75, 3.05) is 18.6 Å². The van der Waals surface area contributed by atoms with Crippen LogP contribution in [0.15, 0.2) is 48.7 Å². The normalized spacial score (nSPS) is 16.9. The van der Waals surface area contributed by atoms with Crippen LogP contribution in [0.5, 0.6) is 5.75 Å². The Bertz CT molecular complexity index is 1030. The average molecular weight is 381 g/mol. The van der Waals surface area contributed by atoms with Crippen LogP contribution in [-0.2, 0) is 16.0 Å². The Kier molecular flexibility index (Phi) is 4.83. The lowest BCUT2D eigenvalue weighted by molar-refractivity contribution is -0.121. The van der Waals surface area contributed by atoms with Crippen molar-refractivity contribution in [2.24, 2.45) is 0 Å². The van der Waals surface area contributed by atoms with Gasteiger partial charge in [-0.05, 0) is 54.4 Å². The van der Waals surface area contributed by atoms with Crippen molar-refractivity contribution in [1.29, 1.82) is 0 Å². The molecule has 6 nitrogen and oxygen atoms in total. The zero-order chi connectivity index (χ0) is 19.7. The van der Waals surface area contributed by atoms with Gasteiger partial charge >= 0.3 is 0 Å². The number of ether oxygens (including phenoxy) is 1. The second-order valence-electron chi connectivity index (χ2n) is 6.73. The molecule has 2 amide bonds. The second-order valence-corrected chi connectivity index (χ2v) is 6.73. The number of hydrogen-bond donors (Lipinski definition) is 2. The molecule has 0 saturated carbocycles. The third kappa shape index (κ3) is 3.36. The van der Waals surface area contributed by atoms with Crippen LogP contribution in [0.2, 0.25) is 0 Å². The molecule has 0 bridgehead atoms. The van der Waals surface area contributed by atoms with E-state index in [4.69, 9.17) is 4.74 Å². The zero-order valence-corrected chi connectivity index (χ0v) is 15.4. The fourth-order valence-electron chi connectivity index (χ4n) is 3.53. The van der Waals surface area contributed by atoms with Gasteiger partial charge in [-0.3, -0.25) is 9.59 Å². The van der Waals surface area contributed by atoms with E-state index < -0.39 is 11.9 Å². The van der Waals surface area contributed by atoms with E-state index in [0.717, 1.165) is 27.1 Å². The van der Waals surface area contributed by atoms with E-state index in [1.165, 1.54) is 24.3 Å². The number of hydrogen-bond acceptors (Lipinski definition) is 4. The molecule has 1 atom stereocenters. The van der Waals surface area contributed by atoms with E-state index in [2.05, 4.69) is 10.3 Å². The van der Waals surface area contributed by atoms with Crippen LogP contribution < -0.4 is 15.0 Å². The number of rotatable bonds is 6. The molecule has 1 fully saturated rings. The van der Waals surface area contributed by atoms with Gasteiger partial charge in [-0.15, -0.1) is 0 Å². The van der Waals surface area contributed by atoms with Gasteiger partial charge in [0.1, 0.15) is 11.6 Å². The lowest BCUT2D eigenvalue weighted by Gasteiger charge is -2.15. The summed E-state index contributed by atoms with van der Waals surface area (Å²) in [6, 6.07) is 10.6. The number of H-pyrrole nitrogens is 1. The maximum atomic E-state index is 13.1. The molecule has 2 heterocycles. The van der Waals surface area contributed by atoms with Crippen molar-refractivity contribution in [3.63, 3.8) is 0 Å². The molecule has 0 unspecified atom stereocenters. The number of methoxy groups -OCH3 is 1. The molecular formula is C21H20FN3O3. The molecule has 1 aliphatic rings. The van der Waals surface area contributed by atoms with Gasteiger partial charge in [0, 0.05) is 23.6 Å². The lowest BCUT2D eigenvalue weighted by atomic mass is 10.1. The van der Waals surface area contributed by atoms with Crippen molar-refractivity contribution in [3.05, 3.63) is 60.0 Å². The van der Waals surface area contributed by atoms with Gasteiger partial charge in [0.2, 0.25) is 5.91 Å². The molecule has 1 saturated heterocycles. The summed E-state index contributed by atoms with van der Waals surface area (Å²) in [7, 11) is 1.63. The third-order valence-electron chi connectivity index (χ3n) is 4.99. The van der Waals surface area contributed by atoms with Gasteiger partial charge < -0.3 is 15.0 Å². The average Bonchev–Trinajstić information content (AvgIpc) is 3.23. The molecule has 28 heavy (non-hydrogen) atoms. The van der Waals surface area contributed by atoms with Crippen LogP contribution in [0.1, 0.15) is 12.0 Å². The summed E-state index contributed by atoms with van der Waals surface area (Å²) in [5.74, 6) is -0.219. The molecule has 2 N–H and O–H groups in total. The van der Waals surface area contributed by atoms with Crippen molar-refractivity contribution in [2.45, 2.75) is 18.9 Å². The van der Waals surface area contributed by atoms with Gasteiger partial charge in [0.15, 0.2) is 0 Å². The highest BCUT2D eigenvalue weighted by Crippen LogP contribution is 2.25. The third-order valence-corrected chi connectivity index (χ3v) is 4.99. The summed E-state index contributed by atoms with van der Waals surface area (Å²) in [5, 5.41) is 4.25. The predicted molar refractivity (Wildman–Crippen MR) is 104 cm³/mol. The van der Waals surface area contributed by atoms with Crippen LogP contribution >= 0.6 is 0 Å². The minimum absolute atomic E-state index is 0.0952. The van der Waals surface area contributed by atoms with E-state index in [9.17, 15) is 14.0 Å². The Morgan fingerprint density at radius 1 is 1.21 bits per heavy atom. The van der Waals surface area contributed by atoms with Crippen molar-refractivity contribution >= 4 is 28.4 Å². The summed E-state index contributed by atoms with van der Waals surface area (Å²) in [4.78, 5) is 29.2. The van der Waals surface area contributed by atoms with E-state index >= 15 is 0 Å². The predicted octanol–water partition coefficient (Wildman–Crippen LogP) is 2.78. The van der Waals surface area contributed by atoms with Crippen LogP contribution in [0.25, 0.3) is 10.9 Å². The highest BCUT2D eigenvalue weighted by Gasteiger charge is 2.39. The smallest absolute Gasteiger partial charge is 0.251 e. The quantitative estimate of drug-likeness (QED) is 0.644. The summed E-state index contributed by atoms with van der Waals surface area (Å²) in [6.45, 7) is 0.547. The molecule has 0 spiro atoms. The van der Waals surface area contributed by atoms with Crippen LogP contribution in [0.3, 0.4) is 0 Å². The SMILES string of the molecule is COc1ccc2[nH]cc(CCN[C@@H]3CC(=O)N(c4ccc(F)cc4)C3=O)c2c1. The number of fused-ring (bicyclic) bond motifs is 1. The number of nitrogens with zero attached hydrogens (tertiary/aromatic N) is 1. The Hall–Kier alpha value is -3.19. The minimum atomic E-state index is -0.572. The largest absolute Gasteiger partial charge is 0.497 e. The molecule has 2 aromatic carbocycles. The van der Waals surface area contributed by atoms with E-state index in [-0.39, 0.29) is 18.2 Å². The monoisotopic (exact) mass is 381 g/mol. The van der Waals surface area contributed by atoms with Crippen LogP contribution in [-0.4, -0.2) is 36.5 Å². The maximum Gasteiger partial charge on any atom is 0.251 e. The van der Waals surface area contributed by atoms with Gasteiger partial charge in [-0.25, -0.2) is 9.29 Å². The Morgan fingerprint density at radius 3 is 2.75 bits per heavy atom. The van der Waals surface area contributed by atoms with Crippen LogP contribution in [0.4, 0.5) is 10.1 Å². The molecule has 3 aromatic rings. The number of aromatic nitrogens is 1. The van der Waals surface area contributed by atoms with E-state index in [1.54, 1.807) is 7.11 Å². The van der Waals surface area contributed by atoms with Crippen LogP contribution in [0, 0.1) is 5.82 Å². The minimum Gasteiger partial charge on any atom is -0.497 e. The number of carbonyl (C=O) groups is 2. The number of aromatic amines is 1. The number of carbonyl (C=O) groups excluding carboxylic acids is 2. The highest BCUT2D eigenvalue weighted by molar-refractivity contribution is 6.22. The highest BCUT2D eigenvalue weighted by atomic mass is 19.1. The number of anilines is 1. The zero-order valence-electron chi connectivity index (χ0n) is 15.4. The summed E-state index contributed by atoms with van der Waals surface area (Å²) in [6.07, 6.45) is 2.73. The topological polar surface area (TPSA) is 74.4 Å². The standard InChI is InChI=1S/C21H20FN3O3/c1-28-16-6-7-18-17(10-16)13(12-24-18)8-9-23-19-11-20(26)25(21(19)27)15-4-2-14(22)3-5-15/h2-7,10,12,19,23-24H,8-9,11H2,1H3/t19-/m1/s1. The van der Waals surface area contributed by atoms with Gasteiger partial charge in [0.05, 0.1) is 25.3 Å². The Balaban J connectivity index is 1.41. The summed E-state index contributed by atoms with van der Waals surface area (Å²) in [5.41, 5.74) is 2.52. The van der Waals surface area contributed by atoms with E-state index in [1.807, 2.05) is 24.4 Å². The van der Waals surface area contributed by atoms with Crippen molar-refractivity contribution in [3.8, 4) is 5.75 Å². The van der Waals surface area contributed by atoms with Gasteiger partial charge in [0.25, 0.3) is 5.91 Å². The second kappa shape index (κ2) is 7.44. The molecule has 1 aliphatic heterocycles. The first kappa shape index (κ1) is 18.2.